The molecule has 0 bridgehead atoms. The predicted octanol–water partition coefficient (Wildman–Crippen LogP) is 3.51. The highest BCUT2D eigenvalue weighted by Gasteiger charge is 2.10. The van der Waals surface area contributed by atoms with Gasteiger partial charge < -0.3 is 5.32 Å². The molecule has 0 unspecified atom stereocenters. The maximum Gasteiger partial charge on any atom is 0.226 e. The molecule has 0 radical (unpaired) electrons. The molecule has 4 nitrogen and oxygen atoms in total. The molecule has 0 saturated heterocycles. The van der Waals surface area contributed by atoms with Crippen molar-refractivity contribution in [2.75, 3.05) is 5.32 Å². The summed E-state index contributed by atoms with van der Waals surface area (Å²) in [6.07, 6.45) is 1.97. The zero-order chi connectivity index (χ0) is 13.7. The van der Waals surface area contributed by atoms with Crippen molar-refractivity contribution >= 4 is 44.1 Å². The molecule has 2 aromatic rings. The first-order chi connectivity index (χ1) is 9.15. The van der Waals surface area contributed by atoms with Crippen LogP contribution in [-0.2, 0) is 4.79 Å². The monoisotopic (exact) mass is 338 g/mol. The van der Waals surface area contributed by atoms with Gasteiger partial charge in [0.1, 0.15) is 0 Å². The molecule has 0 saturated carbocycles. The fourth-order valence-electron chi connectivity index (χ4n) is 1.47. The average Bonchev–Trinajstić information content (AvgIpc) is 2.89. The minimum atomic E-state index is -0.194. The summed E-state index contributed by atoms with van der Waals surface area (Å²) in [7, 11) is 0. The quantitative estimate of drug-likeness (QED) is 0.848. The average molecular weight is 339 g/mol. The standard InChI is InChI=1S/C13H11BrN2O2S/c14-10-3-1-9(2-4-10)11(17)5-6-12(18)16-13-15-7-8-19-13/h1-4,7-8H,5-6H2,(H,15,16,18). The number of ketones is 1. The second-order valence-corrected chi connectivity index (χ2v) is 5.63. The Morgan fingerprint density at radius 3 is 2.58 bits per heavy atom. The van der Waals surface area contributed by atoms with Crippen LogP contribution in [0.2, 0.25) is 0 Å². The number of carbonyl (C=O) groups excluding carboxylic acids is 2. The number of benzene rings is 1. The summed E-state index contributed by atoms with van der Waals surface area (Å²) in [5.41, 5.74) is 0.616. The number of amides is 1. The third-order valence-corrected chi connectivity index (χ3v) is 3.64. The fraction of sp³-hybridized carbons (Fsp3) is 0.154. The lowest BCUT2D eigenvalue weighted by Gasteiger charge is -2.02. The van der Waals surface area contributed by atoms with Crippen molar-refractivity contribution in [3.05, 3.63) is 45.9 Å². The van der Waals surface area contributed by atoms with Gasteiger partial charge in [0.2, 0.25) is 5.91 Å². The smallest absolute Gasteiger partial charge is 0.226 e. The molecule has 2 rings (SSSR count). The van der Waals surface area contributed by atoms with Gasteiger partial charge in [-0.3, -0.25) is 9.59 Å². The molecule has 0 aliphatic carbocycles. The van der Waals surface area contributed by atoms with Crippen LogP contribution in [0.4, 0.5) is 5.13 Å². The lowest BCUT2D eigenvalue weighted by Crippen LogP contribution is -2.13. The van der Waals surface area contributed by atoms with Gasteiger partial charge in [0.15, 0.2) is 10.9 Å². The first kappa shape index (κ1) is 13.9. The molecular weight excluding hydrogens is 328 g/mol. The molecule has 98 valence electrons. The van der Waals surface area contributed by atoms with Crippen LogP contribution >= 0.6 is 27.3 Å². The number of nitrogens with zero attached hydrogens (tertiary/aromatic N) is 1. The highest BCUT2D eigenvalue weighted by Crippen LogP contribution is 2.14. The van der Waals surface area contributed by atoms with Crippen molar-refractivity contribution in [1.82, 2.24) is 4.98 Å². The number of aromatic nitrogens is 1. The molecule has 1 amide bonds. The van der Waals surface area contributed by atoms with Gasteiger partial charge in [-0.25, -0.2) is 4.98 Å². The van der Waals surface area contributed by atoms with E-state index in [2.05, 4.69) is 26.2 Å². The van der Waals surface area contributed by atoms with E-state index in [1.165, 1.54) is 11.3 Å². The lowest BCUT2D eigenvalue weighted by atomic mass is 10.1. The van der Waals surface area contributed by atoms with E-state index in [4.69, 9.17) is 0 Å². The second-order valence-electron chi connectivity index (χ2n) is 3.82. The Bertz CT molecular complexity index is 567. The van der Waals surface area contributed by atoms with Crippen LogP contribution in [0.3, 0.4) is 0 Å². The summed E-state index contributed by atoms with van der Waals surface area (Å²) in [6, 6.07) is 7.10. The summed E-state index contributed by atoms with van der Waals surface area (Å²) in [5.74, 6) is -0.234. The molecule has 0 fully saturated rings. The van der Waals surface area contributed by atoms with Gasteiger partial charge in [-0.2, -0.15) is 0 Å². The lowest BCUT2D eigenvalue weighted by molar-refractivity contribution is -0.116. The second kappa shape index (κ2) is 6.58. The maximum absolute atomic E-state index is 11.9. The van der Waals surface area contributed by atoms with Crippen molar-refractivity contribution in [3.63, 3.8) is 0 Å². The van der Waals surface area contributed by atoms with Gasteiger partial charge in [-0.05, 0) is 12.1 Å². The van der Waals surface area contributed by atoms with Gasteiger partial charge in [0.25, 0.3) is 0 Å². The maximum atomic E-state index is 11.9. The van der Waals surface area contributed by atoms with E-state index in [9.17, 15) is 9.59 Å². The van der Waals surface area contributed by atoms with E-state index in [1.54, 1.807) is 23.7 Å². The molecule has 1 aromatic heterocycles. The fourth-order valence-corrected chi connectivity index (χ4v) is 2.28. The van der Waals surface area contributed by atoms with E-state index in [0.717, 1.165) is 4.47 Å². The molecule has 1 N–H and O–H groups in total. The Kier molecular flexibility index (Phi) is 4.81. The van der Waals surface area contributed by atoms with Gasteiger partial charge in [-0.1, -0.05) is 28.1 Å². The van der Waals surface area contributed by atoms with E-state index >= 15 is 0 Å². The Morgan fingerprint density at radius 2 is 1.95 bits per heavy atom. The third-order valence-electron chi connectivity index (χ3n) is 2.42. The summed E-state index contributed by atoms with van der Waals surface area (Å²) < 4.78 is 0.922. The molecule has 0 spiro atoms. The van der Waals surface area contributed by atoms with Crippen LogP contribution < -0.4 is 5.32 Å². The molecular formula is C13H11BrN2O2S. The first-order valence-corrected chi connectivity index (χ1v) is 7.30. The van der Waals surface area contributed by atoms with E-state index in [1.807, 2.05) is 12.1 Å². The number of rotatable bonds is 5. The number of halogens is 1. The molecule has 19 heavy (non-hydrogen) atoms. The molecule has 0 aliphatic heterocycles. The topological polar surface area (TPSA) is 59.1 Å². The Balaban J connectivity index is 1.83. The third kappa shape index (κ3) is 4.25. The van der Waals surface area contributed by atoms with E-state index in [-0.39, 0.29) is 24.5 Å². The minimum absolute atomic E-state index is 0.0400. The van der Waals surface area contributed by atoms with Crippen molar-refractivity contribution in [3.8, 4) is 0 Å². The summed E-state index contributed by atoms with van der Waals surface area (Å²) in [6.45, 7) is 0. The van der Waals surface area contributed by atoms with Crippen LogP contribution in [0, 0.1) is 0 Å². The van der Waals surface area contributed by atoms with Crippen molar-refractivity contribution in [2.24, 2.45) is 0 Å². The number of carbonyl (C=O) groups is 2. The number of Topliss-reactive ketones (excluding diaryl/α,β-unsaturated/α-hetero) is 1. The molecule has 1 aromatic carbocycles. The molecule has 0 aliphatic rings. The summed E-state index contributed by atoms with van der Waals surface area (Å²) in [5, 5.41) is 4.98. The summed E-state index contributed by atoms with van der Waals surface area (Å²) >= 11 is 4.66. The largest absolute Gasteiger partial charge is 0.302 e. The molecule has 1 heterocycles. The number of thiazole rings is 1. The van der Waals surface area contributed by atoms with Crippen LogP contribution in [0.5, 0.6) is 0 Å². The van der Waals surface area contributed by atoms with Crippen LogP contribution in [0.15, 0.2) is 40.3 Å². The minimum Gasteiger partial charge on any atom is -0.302 e. The van der Waals surface area contributed by atoms with Gasteiger partial charge in [0, 0.05) is 34.5 Å². The highest BCUT2D eigenvalue weighted by molar-refractivity contribution is 9.10. The highest BCUT2D eigenvalue weighted by atomic mass is 79.9. The van der Waals surface area contributed by atoms with Gasteiger partial charge in [-0.15, -0.1) is 11.3 Å². The van der Waals surface area contributed by atoms with Crippen molar-refractivity contribution < 1.29 is 9.59 Å². The van der Waals surface area contributed by atoms with E-state index in [0.29, 0.717) is 10.7 Å². The summed E-state index contributed by atoms with van der Waals surface area (Å²) in [4.78, 5) is 27.4. The number of hydrogen-bond donors (Lipinski definition) is 1. The van der Waals surface area contributed by atoms with Gasteiger partial charge >= 0.3 is 0 Å². The predicted molar refractivity (Wildman–Crippen MR) is 78.5 cm³/mol. The number of hydrogen-bond acceptors (Lipinski definition) is 4. The Hall–Kier alpha value is -1.53. The Morgan fingerprint density at radius 1 is 1.21 bits per heavy atom. The molecule has 0 atom stereocenters. The SMILES string of the molecule is O=C(CCC(=O)c1ccc(Br)cc1)Nc1nccs1. The van der Waals surface area contributed by atoms with Crippen molar-refractivity contribution in [1.29, 1.82) is 0 Å². The Labute approximate surface area is 123 Å². The van der Waals surface area contributed by atoms with E-state index < -0.39 is 0 Å². The zero-order valence-corrected chi connectivity index (χ0v) is 12.3. The normalized spacial score (nSPS) is 10.2. The molecule has 6 heteroatoms. The van der Waals surface area contributed by atoms with Crippen LogP contribution in [0.1, 0.15) is 23.2 Å². The van der Waals surface area contributed by atoms with Gasteiger partial charge in [0.05, 0.1) is 0 Å². The van der Waals surface area contributed by atoms with Crippen LogP contribution in [-0.4, -0.2) is 16.7 Å². The number of nitrogens with one attached hydrogen (secondary N) is 1. The zero-order valence-electron chi connectivity index (χ0n) is 9.93. The van der Waals surface area contributed by atoms with Crippen molar-refractivity contribution in [2.45, 2.75) is 12.8 Å². The number of anilines is 1. The van der Waals surface area contributed by atoms with Crippen LogP contribution in [0.25, 0.3) is 0 Å². The first-order valence-electron chi connectivity index (χ1n) is 5.63.